The van der Waals surface area contributed by atoms with Gasteiger partial charge in [-0.05, 0) is 12.1 Å². The minimum Gasteiger partial charge on any atom is -0.461 e. The van der Waals surface area contributed by atoms with E-state index in [1.165, 1.54) is 0 Å². The maximum absolute atomic E-state index is 11.7. The van der Waals surface area contributed by atoms with E-state index in [0.717, 1.165) is 0 Å². The predicted molar refractivity (Wildman–Crippen MR) is 74.6 cm³/mol. The summed E-state index contributed by atoms with van der Waals surface area (Å²) in [6, 6.07) is 6.43. The molecule has 0 aliphatic carbocycles. The minimum atomic E-state index is -0.527. The van der Waals surface area contributed by atoms with Crippen LogP contribution in [-0.2, 0) is 9.47 Å². The lowest BCUT2D eigenvalue weighted by atomic mass is 10.1. The van der Waals surface area contributed by atoms with Gasteiger partial charge < -0.3 is 9.47 Å². The Morgan fingerprint density at radius 3 is 1.61 bits per heavy atom. The Labute approximate surface area is 122 Å². The molecule has 0 saturated carbocycles. The van der Waals surface area contributed by atoms with E-state index < -0.39 is 11.9 Å². The predicted octanol–water partition coefficient (Wildman–Crippen LogP) is 2.79. The third-order valence-corrected chi connectivity index (χ3v) is 2.63. The molecule has 0 N–H and O–H groups in total. The molecule has 1 aromatic rings. The number of hydrogen-bond acceptors (Lipinski definition) is 4. The van der Waals surface area contributed by atoms with E-state index >= 15 is 0 Å². The van der Waals surface area contributed by atoms with Gasteiger partial charge in [0.15, 0.2) is 0 Å². The monoisotopic (exact) mass is 378 g/mol. The van der Waals surface area contributed by atoms with Gasteiger partial charge in [-0.2, -0.15) is 0 Å². The maximum Gasteiger partial charge on any atom is 0.339 e. The van der Waals surface area contributed by atoms with E-state index in [9.17, 15) is 9.59 Å². The van der Waals surface area contributed by atoms with Crippen molar-refractivity contribution in [2.45, 2.75) is 0 Å². The Kier molecular flexibility index (Phi) is 6.97. The van der Waals surface area contributed by atoms with Crippen molar-refractivity contribution in [2.75, 3.05) is 23.9 Å². The molecule has 4 nitrogen and oxygen atoms in total. The Hall–Kier alpha value is -0.880. The molecule has 0 spiro atoms. The highest BCUT2D eigenvalue weighted by Crippen LogP contribution is 2.12. The number of ether oxygens (including phenoxy) is 2. The summed E-state index contributed by atoms with van der Waals surface area (Å²) in [5.41, 5.74) is 0.441. The van der Waals surface area contributed by atoms with Crippen LogP contribution in [0.1, 0.15) is 20.7 Å². The van der Waals surface area contributed by atoms with Crippen molar-refractivity contribution in [1.82, 2.24) is 0 Å². The largest absolute Gasteiger partial charge is 0.461 e. The zero-order chi connectivity index (χ0) is 13.4. The van der Waals surface area contributed by atoms with Gasteiger partial charge in [-0.15, -0.1) is 0 Å². The van der Waals surface area contributed by atoms with Gasteiger partial charge in [0, 0.05) is 10.7 Å². The Bertz CT molecular complexity index is 381. The van der Waals surface area contributed by atoms with Crippen molar-refractivity contribution in [2.24, 2.45) is 0 Å². The van der Waals surface area contributed by atoms with Crippen LogP contribution in [0.3, 0.4) is 0 Å². The van der Waals surface area contributed by atoms with E-state index in [4.69, 9.17) is 9.47 Å². The molecule has 1 rings (SSSR count). The van der Waals surface area contributed by atoms with Crippen molar-refractivity contribution >= 4 is 43.8 Å². The second kappa shape index (κ2) is 8.26. The fraction of sp³-hybridized carbons (Fsp3) is 0.333. The van der Waals surface area contributed by atoms with Crippen LogP contribution in [0.25, 0.3) is 0 Å². The topological polar surface area (TPSA) is 52.6 Å². The molecule has 0 radical (unpaired) electrons. The lowest BCUT2D eigenvalue weighted by Crippen LogP contribution is -2.15. The van der Waals surface area contributed by atoms with E-state index in [1.807, 2.05) is 0 Å². The second-order valence-corrected chi connectivity index (χ2v) is 4.78. The van der Waals surface area contributed by atoms with Crippen molar-refractivity contribution in [3.8, 4) is 0 Å². The molecule has 0 atom stereocenters. The SMILES string of the molecule is O=C(OCCBr)c1ccccc1C(=O)OCCBr. The molecule has 0 aliphatic rings. The fourth-order valence-corrected chi connectivity index (χ4v) is 1.58. The van der Waals surface area contributed by atoms with Crippen LogP contribution >= 0.6 is 31.9 Å². The highest BCUT2D eigenvalue weighted by atomic mass is 79.9. The Balaban J connectivity index is 2.85. The number of benzene rings is 1. The van der Waals surface area contributed by atoms with E-state index in [0.29, 0.717) is 10.7 Å². The summed E-state index contributed by atoms with van der Waals surface area (Å²) in [5, 5.41) is 1.10. The first-order chi connectivity index (χ1) is 8.70. The summed E-state index contributed by atoms with van der Waals surface area (Å²) in [5.74, 6) is -1.05. The first kappa shape index (κ1) is 15.2. The first-order valence-electron chi connectivity index (χ1n) is 5.26. The van der Waals surface area contributed by atoms with Crippen molar-refractivity contribution in [3.63, 3.8) is 0 Å². The molecular formula is C12H12Br2O4. The number of esters is 2. The first-order valence-corrected chi connectivity index (χ1v) is 7.50. The van der Waals surface area contributed by atoms with Gasteiger partial charge >= 0.3 is 11.9 Å². The van der Waals surface area contributed by atoms with Crippen LogP contribution in [0.15, 0.2) is 24.3 Å². The van der Waals surface area contributed by atoms with Crippen LogP contribution in [0.2, 0.25) is 0 Å². The highest BCUT2D eigenvalue weighted by Gasteiger charge is 2.18. The van der Waals surface area contributed by atoms with Crippen LogP contribution in [0.4, 0.5) is 0 Å². The zero-order valence-corrected chi connectivity index (χ0v) is 12.7. The molecule has 18 heavy (non-hydrogen) atoms. The molecule has 98 valence electrons. The average Bonchev–Trinajstić information content (AvgIpc) is 2.42. The highest BCUT2D eigenvalue weighted by molar-refractivity contribution is 9.09. The number of halogens is 2. The molecule has 0 unspecified atom stereocenters. The molecule has 0 aromatic heterocycles. The smallest absolute Gasteiger partial charge is 0.339 e. The van der Waals surface area contributed by atoms with Gasteiger partial charge in [0.05, 0.1) is 11.1 Å². The lowest BCUT2D eigenvalue weighted by Gasteiger charge is -2.08. The molecule has 0 aliphatic heterocycles. The summed E-state index contributed by atoms with van der Waals surface area (Å²) in [7, 11) is 0. The molecule has 0 saturated heterocycles. The normalized spacial score (nSPS) is 9.89. The van der Waals surface area contributed by atoms with Crippen molar-refractivity contribution < 1.29 is 19.1 Å². The van der Waals surface area contributed by atoms with Gasteiger partial charge in [-0.3, -0.25) is 0 Å². The van der Waals surface area contributed by atoms with Gasteiger partial charge in [-0.1, -0.05) is 44.0 Å². The number of carbonyl (C=O) groups is 2. The number of alkyl halides is 2. The summed E-state index contributed by atoms with van der Waals surface area (Å²) >= 11 is 6.32. The third-order valence-electron chi connectivity index (χ3n) is 1.99. The minimum absolute atomic E-state index is 0.220. The van der Waals surface area contributed by atoms with Gasteiger partial charge in [0.25, 0.3) is 0 Å². The van der Waals surface area contributed by atoms with E-state index in [-0.39, 0.29) is 24.3 Å². The standard InChI is InChI=1S/C12H12Br2O4/c13-5-7-17-11(15)9-3-1-2-4-10(9)12(16)18-8-6-14/h1-4H,5-8H2. The van der Waals surface area contributed by atoms with Crippen LogP contribution in [-0.4, -0.2) is 35.8 Å². The second-order valence-electron chi connectivity index (χ2n) is 3.20. The summed E-state index contributed by atoms with van der Waals surface area (Å²) < 4.78 is 9.94. The van der Waals surface area contributed by atoms with Gasteiger partial charge in [0.2, 0.25) is 0 Å². The average molecular weight is 380 g/mol. The van der Waals surface area contributed by atoms with Crippen molar-refractivity contribution in [1.29, 1.82) is 0 Å². The van der Waals surface area contributed by atoms with E-state index in [1.54, 1.807) is 24.3 Å². The Morgan fingerprint density at radius 1 is 0.889 bits per heavy atom. The maximum atomic E-state index is 11.7. The van der Waals surface area contributed by atoms with Crippen LogP contribution < -0.4 is 0 Å². The fourth-order valence-electron chi connectivity index (χ4n) is 1.26. The summed E-state index contributed by atoms with van der Waals surface area (Å²) in [6.07, 6.45) is 0. The van der Waals surface area contributed by atoms with Gasteiger partial charge in [-0.25, -0.2) is 9.59 Å². The Morgan fingerprint density at radius 2 is 1.28 bits per heavy atom. The molecule has 0 amide bonds. The molecule has 0 bridgehead atoms. The van der Waals surface area contributed by atoms with E-state index in [2.05, 4.69) is 31.9 Å². The van der Waals surface area contributed by atoms with Crippen LogP contribution in [0.5, 0.6) is 0 Å². The zero-order valence-electron chi connectivity index (χ0n) is 9.53. The van der Waals surface area contributed by atoms with Gasteiger partial charge in [0.1, 0.15) is 13.2 Å². The van der Waals surface area contributed by atoms with Crippen molar-refractivity contribution in [3.05, 3.63) is 35.4 Å². The number of hydrogen-bond donors (Lipinski definition) is 0. The number of rotatable bonds is 6. The quantitative estimate of drug-likeness (QED) is 0.563. The molecule has 1 aromatic carbocycles. The molecule has 0 heterocycles. The summed E-state index contributed by atoms with van der Waals surface area (Å²) in [6.45, 7) is 0.507. The lowest BCUT2D eigenvalue weighted by molar-refractivity contribution is 0.0484. The third kappa shape index (κ3) is 4.42. The molecule has 0 fully saturated rings. The summed E-state index contributed by atoms with van der Waals surface area (Å²) in [4.78, 5) is 23.5. The molecule has 6 heteroatoms. The number of carbonyl (C=O) groups excluding carboxylic acids is 2. The molecular weight excluding hydrogens is 368 g/mol. The van der Waals surface area contributed by atoms with Crippen LogP contribution in [0, 0.1) is 0 Å².